The second-order valence-electron chi connectivity index (χ2n) is 10.9. The maximum Gasteiger partial charge on any atom is 0.227 e. The second-order valence-corrected chi connectivity index (χ2v) is 10.9. The van der Waals surface area contributed by atoms with Crippen molar-refractivity contribution in [2.45, 2.75) is 0 Å². The fourth-order valence-corrected chi connectivity index (χ4v) is 4.53. The summed E-state index contributed by atoms with van der Waals surface area (Å²) >= 11 is 0. The summed E-state index contributed by atoms with van der Waals surface area (Å²) in [6, 6.07) is 53.9. The molecule has 0 bridgehead atoms. The summed E-state index contributed by atoms with van der Waals surface area (Å²) in [7, 11) is 0. The van der Waals surface area contributed by atoms with Crippen LogP contribution in [-0.2, 0) is 17.1 Å². The van der Waals surface area contributed by atoms with Crippen LogP contribution in [0.15, 0.2) is 199 Å². The summed E-state index contributed by atoms with van der Waals surface area (Å²) in [6.45, 7) is 0. The molecule has 7 heteroatoms. The maximum absolute atomic E-state index is 11.8. The Morgan fingerprint density at radius 3 is 0.673 bits per heavy atom. The van der Waals surface area contributed by atoms with Crippen LogP contribution < -0.4 is 0 Å². The average Bonchev–Trinajstić information content (AvgIpc) is 3.19. The first kappa shape index (κ1) is 39.9. The van der Waals surface area contributed by atoms with Gasteiger partial charge in [0, 0.05) is 33.8 Å². The summed E-state index contributed by atoms with van der Waals surface area (Å²) in [4.78, 5) is 35.5. The molecule has 6 aromatic rings. The van der Waals surface area contributed by atoms with Crippen molar-refractivity contribution in [3.8, 4) is 0 Å². The Bertz CT molecular complexity index is 1830. The molecule has 6 aromatic carbocycles. The molecule has 0 atom stereocenters. The summed E-state index contributed by atoms with van der Waals surface area (Å²) in [5, 5.41) is 29.2. The number of aliphatic hydroxyl groups excluding tert-OH is 3. The van der Waals surface area contributed by atoms with Crippen LogP contribution in [0.25, 0.3) is 18.2 Å². The smallest absolute Gasteiger partial charge is 0.227 e. The minimum atomic E-state index is -0.366. The molecule has 0 saturated heterocycles. The predicted molar refractivity (Wildman–Crippen MR) is 203 cm³/mol. The van der Waals surface area contributed by atoms with Crippen molar-refractivity contribution in [3.63, 3.8) is 0 Å². The molecule has 0 heterocycles. The fraction of sp³-hybridized carbons (Fsp3) is 0. The summed E-state index contributed by atoms with van der Waals surface area (Å²) < 4.78 is 0. The number of rotatable bonds is 9. The van der Waals surface area contributed by atoms with Gasteiger partial charge in [0.15, 0.2) is 17.3 Å². The third-order valence-electron chi connectivity index (χ3n) is 7.11. The van der Waals surface area contributed by atoms with E-state index in [2.05, 4.69) is 0 Å². The normalized spacial score (nSPS) is 11.0. The van der Waals surface area contributed by atoms with E-state index in [1.54, 1.807) is 72.8 Å². The topological polar surface area (TPSA) is 112 Å². The van der Waals surface area contributed by atoms with Crippen LogP contribution in [0.3, 0.4) is 0 Å². The molecule has 0 aromatic heterocycles. The Morgan fingerprint density at radius 1 is 0.308 bits per heavy atom. The van der Waals surface area contributed by atoms with E-state index in [1.807, 2.05) is 109 Å². The van der Waals surface area contributed by atoms with E-state index < -0.39 is 0 Å². The van der Waals surface area contributed by atoms with E-state index in [0.717, 1.165) is 16.7 Å². The summed E-state index contributed by atoms with van der Waals surface area (Å²) in [5.74, 6) is -1.84. The number of carbonyl (C=O) groups is 3. The molecule has 260 valence electrons. The Kier molecular flexibility index (Phi) is 16.5. The zero-order valence-electron chi connectivity index (χ0n) is 28.0. The van der Waals surface area contributed by atoms with E-state index >= 15 is 0 Å². The van der Waals surface area contributed by atoms with Gasteiger partial charge in [0.1, 0.15) is 0 Å². The van der Waals surface area contributed by atoms with E-state index in [9.17, 15) is 29.7 Å². The number of hydrogen-bond donors (Lipinski definition) is 3. The molecule has 0 saturated carbocycles. The Balaban J connectivity index is 0.000000208. The first-order chi connectivity index (χ1) is 24.8. The van der Waals surface area contributed by atoms with Gasteiger partial charge < -0.3 is 15.3 Å². The zero-order chi connectivity index (χ0) is 36.3. The molecule has 0 unspecified atom stereocenters. The third-order valence-corrected chi connectivity index (χ3v) is 7.11. The molecule has 0 aliphatic heterocycles. The molecule has 0 amide bonds. The first-order valence-corrected chi connectivity index (χ1v) is 16.0. The maximum atomic E-state index is 11.8. The number of carbonyl (C=O) groups excluding carboxylic acids is 3. The Hall–Kier alpha value is -6.53. The number of aliphatic hydroxyl groups is 3. The van der Waals surface area contributed by atoms with Crippen molar-refractivity contribution in [1.29, 1.82) is 0 Å². The number of hydrogen-bond acceptors (Lipinski definition) is 6. The molecule has 3 N–H and O–H groups in total. The average molecular weight is 729 g/mol. The Labute approximate surface area is 313 Å². The summed E-state index contributed by atoms with van der Waals surface area (Å²) in [5.41, 5.74) is 3.85. The zero-order valence-corrected chi connectivity index (χ0v) is 29.1. The van der Waals surface area contributed by atoms with Gasteiger partial charge in [-0.1, -0.05) is 182 Å². The minimum Gasteiger partial charge on any atom is -0.504 e. The van der Waals surface area contributed by atoms with Crippen molar-refractivity contribution in [2.24, 2.45) is 0 Å². The van der Waals surface area contributed by atoms with Gasteiger partial charge in [0.05, 0.1) is 0 Å². The van der Waals surface area contributed by atoms with Gasteiger partial charge in [-0.05, 0) is 34.9 Å². The van der Waals surface area contributed by atoms with Crippen molar-refractivity contribution in [2.75, 3.05) is 0 Å². The van der Waals surface area contributed by atoms with Crippen molar-refractivity contribution < 1.29 is 46.8 Å². The Morgan fingerprint density at radius 2 is 0.481 bits per heavy atom. The van der Waals surface area contributed by atoms with E-state index in [1.165, 1.54) is 18.2 Å². The number of allylic oxidation sites excluding steroid dienone is 3. The summed E-state index contributed by atoms with van der Waals surface area (Å²) in [6.07, 6.45) is 4.40. The molecule has 0 fully saturated rings. The van der Waals surface area contributed by atoms with Gasteiger partial charge >= 0.3 is 0 Å². The largest absolute Gasteiger partial charge is 0.504 e. The van der Waals surface area contributed by atoms with Crippen LogP contribution in [0.5, 0.6) is 0 Å². The fourth-order valence-electron chi connectivity index (χ4n) is 4.53. The van der Waals surface area contributed by atoms with Crippen molar-refractivity contribution >= 4 is 35.6 Å². The predicted octanol–water partition coefficient (Wildman–Crippen LogP) is 10.4. The molecule has 52 heavy (non-hydrogen) atoms. The third kappa shape index (κ3) is 13.1. The van der Waals surface area contributed by atoms with Gasteiger partial charge in [-0.15, -0.1) is 0 Å². The quantitative estimate of drug-likeness (QED) is 0.0591. The van der Waals surface area contributed by atoms with Crippen LogP contribution in [0, 0.1) is 0 Å². The molecular formula is C45H36FeO6. The van der Waals surface area contributed by atoms with Crippen molar-refractivity contribution in [1.82, 2.24) is 0 Å². The van der Waals surface area contributed by atoms with E-state index in [4.69, 9.17) is 0 Å². The minimum absolute atomic E-state index is 0. The van der Waals surface area contributed by atoms with E-state index in [-0.39, 0.29) is 51.7 Å². The van der Waals surface area contributed by atoms with Crippen LogP contribution >= 0.6 is 0 Å². The van der Waals surface area contributed by atoms with Gasteiger partial charge in [-0.25, -0.2) is 0 Å². The van der Waals surface area contributed by atoms with E-state index in [0.29, 0.717) is 16.7 Å². The molecule has 0 radical (unpaired) electrons. The van der Waals surface area contributed by atoms with Crippen LogP contribution in [0.4, 0.5) is 0 Å². The molecule has 0 spiro atoms. The molecular weight excluding hydrogens is 692 g/mol. The van der Waals surface area contributed by atoms with Crippen LogP contribution in [0.1, 0.15) is 47.8 Å². The van der Waals surface area contributed by atoms with Gasteiger partial charge in [-0.3, -0.25) is 14.4 Å². The number of ketones is 3. The molecule has 0 aliphatic rings. The SMILES string of the molecule is O=C(/C(O)=C\c1ccccc1)c1ccccc1.O=C(/C(O)=C\c1ccccc1)c1ccccc1.O=C(/C(O)=C\c1ccccc1)c1ccccc1.[Fe]. The number of Topliss-reactive ketones (excluding diaryl/α,β-unsaturated/α-hetero) is 3. The van der Waals surface area contributed by atoms with Gasteiger partial charge in [-0.2, -0.15) is 0 Å². The number of benzene rings is 6. The van der Waals surface area contributed by atoms with Crippen LogP contribution in [-0.4, -0.2) is 32.7 Å². The standard InChI is InChI=1S/3C15H12O2.Fe/c3*16-14(11-12-7-3-1-4-8-12)15(17)13-9-5-2-6-10-13;/h3*1-11,16H;/b3*14-11+;. The molecule has 6 nitrogen and oxygen atoms in total. The first-order valence-electron chi connectivity index (χ1n) is 16.0. The van der Waals surface area contributed by atoms with Gasteiger partial charge in [0.25, 0.3) is 0 Å². The second kappa shape index (κ2) is 21.5. The molecule has 0 aliphatic carbocycles. The van der Waals surface area contributed by atoms with Gasteiger partial charge in [0.2, 0.25) is 17.3 Å². The van der Waals surface area contributed by atoms with Crippen LogP contribution in [0.2, 0.25) is 0 Å². The van der Waals surface area contributed by atoms with Crippen molar-refractivity contribution in [3.05, 3.63) is 233 Å². The monoisotopic (exact) mass is 728 g/mol. The molecule has 6 rings (SSSR count).